The van der Waals surface area contributed by atoms with Crippen LogP contribution in [0.2, 0.25) is 0 Å². The molecule has 0 aromatic heterocycles. The monoisotopic (exact) mass is 168 g/mol. The molecule has 0 spiro atoms. The van der Waals surface area contributed by atoms with E-state index in [4.69, 9.17) is 0 Å². The van der Waals surface area contributed by atoms with Crippen molar-refractivity contribution in [1.82, 2.24) is 9.80 Å². The zero-order chi connectivity index (χ0) is 8.55. The molecule has 12 heavy (non-hydrogen) atoms. The van der Waals surface area contributed by atoms with E-state index in [0.717, 1.165) is 12.0 Å². The highest BCUT2D eigenvalue weighted by molar-refractivity contribution is 4.84. The van der Waals surface area contributed by atoms with Crippen LogP contribution in [0.1, 0.15) is 19.3 Å². The number of rotatable bonds is 0. The van der Waals surface area contributed by atoms with Crippen LogP contribution in [0.15, 0.2) is 0 Å². The fourth-order valence-corrected chi connectivity index (χ4v) is 2.76. The van der Waals surface area contributed by atoms with Gasteiger partial charge in [-0.05, 0) is 32.9 Å². The first-order valence-electron chi connectivity index (χ1n) is 5.14. The maximum atomic E-state index is 2.57. The summed E-state index contributed by atoms with van der Waals surface area (Å²) in [5, 5.41) is 0. The van der Waals surface area contributed by atoms with Crippen molar-refractivity contribution < 1.29 is 0 Å². The molecule has 2 unspecified atom stereocenters. The normalized spacial score (nSPS) is 39.5. The van der Waals surface area contributed by atoms with E-state index < -0.39 is 0 Å². The third-order valence-corrected chi connectivity index (χ3v) is 3.41. The molecule has 2 atom stereocenters. The average Bonchev–Trinajstić information content (AvgIpc) is 2.18. The Morgan fingerprint density at radius 3 is 2.67 bits per heavy atom. The molecule has 0 saturated carbocycles. The van der Waals surface area contributed by atoms with Crippen LogP contribution in [-0.2, 0) is 0 Å². The van der Waals surface area contributed by atoms with Crippen molar-refractivity contribution in [1.29, 1.82) is 0 Å². The number of hydrogen-bond acceptors (Lipinski definition) is 2. The van der Waals surface area contributed by atoms with Gasteiger partial charge in [-0.1, -0.05) is 6.42 Å². The topological polar surface area (TPSA) is 6.48 Å². The molecular formula is C10H20N2. The Kier molecular flexibility index (Phi) is 2.37. The molecule has 70 valence electrons. The molecule has 0 aromatic carbocycles. The van der Waals surface area contributed by atoms with Crippen LogP contribution < -0.4 is 0 Å². The number of likely N-dealkylation sites (N-methyl/N-ethyl adjacent to an activating group) is 2. The fraction of sp³-hybridized carbons (Fsp3) is 1.00. The lowest BCUT2D eigenvalue weighted by atomic mass is 10.0. The van der Waals surface area contributed by atoms with Gasteiger partial charge in [-0.3, -0.25) is 0 Å². The lowest BCUT2D eigenvalue weighted by Crippen LogP contribution is -2.37. The summed E-state index contributed by atoms with van der Waals surface area (Å²) in [7, 11) is 4.56. The Morgan fingerprint density at radius 1 is 1.00 bits per heavy atom. The second-order valence-electron chi connectivity index (χ2n) is 4.61. The Labute approximate surface area is 75.5 Å². The van der Waals surface area contributed by atoms with E-state index in [1.54, 1.807) is 0 Å². The van der Waals surface area contributed by atoms with Gasteiger partial charge in [0.15, 0.2) is 0 Å². The maximum absolute atomic E-state index is 2.57. The standard InChI is InChI=1S/C10H20N2/c1-11-6-9-4-3-5-10(8-11)12(2)7-9/h9-10H,3-8H2,1-2H3. The molecule has 2 bridgehead atoms. The smallest absolute Gasteiger partial charge is 0.0220 e. The van der Waals surface area contributed by atoms with Crippen LogP contribution >= 0.6 is 0 Å². The highest BCUT2D eigenvalue weighted by Crippen LogP contribution is 2.24. The van der Waals surface area contributed by atoms with Crippen molar-refractivity contribution in [3.63, 3.8) is 0 Å². The number of likely N-dealkylation sites (tertiary alicyclic amines) is 1. The minimum absolute atomic E-state index is 0.836. The van der Waals surface area contributed by atoms with Crippen LogP contribution in [0.3, 0.4) is 0 Å². The molecule has 2 rings (SSSR count). The van der Waals surface area contributed by atoms with Crippen LogP contribution in [0.4, 0.5) is 0 Å². The largest absolute Gasteiger partial charge is 0.304 e. The van der Waals surface area contributed by atoms with E-state index in [1.165, 1.54) is 38.9 Å². The van der Waals surface area contributed by atoms with E-state index in [1.807, 2.05) is 0 Å². The number of hydrogen-bond donors (Lipinski definition) is 0. The van der Waals surface area contributed by atoms with Gasteiger partial charge in [0, 0.05) is 25.7 Å². The van der Waals surface area contributed by atoms with Crippen molar-refractivity contribution >= 4 is 0 Å². The van der Waals surface area contributed by atoms with Crippen LogP contribution in [0.25, 0.3) is 0 Å². The molecule has 2 heterocycles. The van der Waals surface area contributed by atoms with E-state index in [9.17, 15) is 0 Å². The fourth-order valence-electron chi connectivity index (χ4n) is 2.76. The molecule has 0 aliphatic carbocycles. The lowest BCUT2D eigenvalue weighted by Gasteiger charge is -2.26. The predicted molar refractivity (Wildman–Crippen MR) is 51.3 cm³/mol. The quantitative estimate of drug-likeness (QED) is 0.533. The molecule has 0 radical (unpaired) electrons. The molecule has 2 heteroatoms. The maximum Gasteiger partial charge on any atom is 0.0220 e. The highest BCUT2D eigenvalue weighted by atomic mass is 15.2. The molecule has 0 amide bonds. The Balaban J connectivity index is 2.11. The summed E-state index contributed by atoms with van der Waals surface area (Å²) in [6.07, 6.45) is 4.32. The van der Waals surface area contributed by atoms with Gasteiger partial charge in [-0.25, -0.2) is 0 Å². The van der Waals surface area contributed by atoms with Gasteiger partial charge in [-0.15, -0.1) is 0 Å². The van der Waals surface area contributed by atoms with Gasteiger partial charge in [0.2, 0.25) is 0 Å². The minimum Gasteiger partial charge on any atom is -0.304 e. The third-order valence-electron chi connectivity index (χ3n) is 3.41. The number of nitrogens with zero attached hydrogens (tertiary/aromatic N) is 2. The summed E-state index contributed by atoms with van der Waals surface area (Å²) in [6.45, 7) is 3.93. The first-order valence-corrected chi connectivity index (χ1v) is 5.14. The van der Waals surface area contributed by atoms with Crippen molar-refractivity contribution in [2.24, 2.45) is 5.92 Å². The van der Waals surface area contributed by atoms with Crippen molar-refractivity contribution in [2.45, 2.75) is 25.3 Å². The van der Waals surface area contributed by atoms with Gasteiger partial charge < -0.3 is 9.80 Å². The summed E-state index contributed by atoms with van der Waals surface area (Å²) in [5.74, 6) is 0.937. The molecule has 2 aliphatic rings. The Bertz CT molecular complexity index is 158. The third kappa shape index (κ3) is 1.64. The molecule has 2 fully saturated rings. The second kappa shape index (κ2) is 3.35. The van der Waals surface area contributed by atoms with Crippen molar-refractivity contribution in [2.75, 3.05) is 33.7 Å². The lowest BCUT2D eigenvalue weighted by molar-refractivity contribution is 0.216. The average molecular weight is 168 g/mol. The van der Waals surface area contributed by atoms with E-state index in [0.29, 0.717) is 0 Å². The second-order valence-corrected chi connectivity index (χ2v) is 4.61. The van der Waals surface area contributed by atoms with Crippen molar-refractivity contribution in [3.8, 4) is 0 Å². The van der Waals surface area contributed by atoms with Gasteiger partial charge in [-0.2, -0.15) is 0 Å². The molecule has 2 nitrogen and oxygen atoms in total. The zero-order valence-corrected chi connectivity index (χ0v) is 8.29. The van der Waals surface area contributed by atoms with Gasteiger partial charge in [0.05, 0.1) is 0 Å². The first kappa shape index (κ1) is 8.52. The molecule has 2 aliphatic heterocycles. The van der Waals surface area contributed by atoms with Crippen LogP contribution in [-0.4, -0.2) is 49.6 Å². The molecule has 0 aromatic rings. The summed E-state index contributed by atoms with van der Waals surface area (Å²) < 4.78 is 0. The van der Waals surface area contributed by atoms with Crippen LogP contribution in [0, 0.1) is 5.92 Å². The van der Waals surface area contributed by atoms with Gasteiger partial charge in [0.25, 0.3) is 0 Å². The van der Waals surface area contributed by atoms with E-state index in [2.05, 4.69) is 23.9 Å². The summed E-state index contributed by atoms with van der Waals surface area (Å²) >= 11 is 0. The van der Waals surface area contributed by atoms with Gasteiger partial charge >= 0.3 is 0 Å². The molecule has 2 saturated heterocycles. The summed E-state index contributed by atoms with van der Waals surface area (Å²) in [4.78, 5) is 5.08. The Morgan fingerprint density at radius 2 is 1.83 bits per heavy atom. The molecule has 0 N–H and O–H groups in total. The van der Waals surface area contributed by atoms with Crippen molar-refractivity contribution in [3.05, 3.63) is 0 Å². The summed E-state index contributed by atoms with van der Waals surface area (Å²) in [5.41, 5.74) is 0. The summed E-state index contributed by atoms with van der Waals surface area (Å²) in [6, 6.07) is 0.836. The predicted octanol–water partition coefficient (Wildman–Crippen LogP) is 1.03. The molecular weight excluding hydrogens is 148 g/mol. The zero-order valence-electron chi connectivity index (χ0n) is 8.29. The van der Waals surface area contributed by atoms with E-state index in [-0.39, 0.29) is 0 Å². The van der Waals surface area contributed by atoms with Gasteiger partial charge in [0.1, 0.15) is 0 Å². The SMILES string of the molecule is CN1CC2CCCC(C1)N(C)C2. The highest BCUT2D eigenvalue weighted by Gasteiger charge is 2.28. The van der Waals surface area contributed by atoms with Crippen LogP contribution in [0.5, 0.6) is 0 Å². The van der Waals surface area contributed by atoms with E-state index >= 15 is 0 Å². The minimum atomic E-state index is 0.836. The first-order chi connectivity index (χ1) is 5.75. The number of fused-ring (bicyclic) bond motifs is 3. The Hall–Kier alpha value is -0.0800.